The summed E-state index contributed by atoms with van der Waals surface area (Å²) in [6.07, 6.45) is 0. The number of rotatable bonds is 8. The second-order valence-electron chi connectivity index (χ2n) is 6.18. The predicted molar refractivity (Wildman–Crippen MR) is 108 cm³/mol. The van der Waals surface area contributed by atoms with Gasteiger partial charge in [-0.1, -0.05) is 47.1 Å². The summed E-state index contributed by atoms with van der Waals surface area (Å²) in [5.41, 5.74) is 1.48. The average molecular weight is 434 g/mol. The van der Waals surface area contributed by atoms with E-state index in [-0.39, 0.29) is 11.9 Å². The molecule has 0 fully saturated rings. The highest BCUT2D eigenvalue weighted by Crippen LogP contribution is 2.22. The highest BCUT2D eigenvalue weighted by atomic mass is 79.9. The van der Waals surface area contributed by atoms with Crippen LogP contribution in [0.25, 0.3) is 0 Å². The third-order valence-electron chi connectivity index (χ3n) is 4.17. The molecule has 2 rings (SSSR count). The van der Waals surface area contributed by atoms with E-state index in [1.54, 1.807) is 30.0 Å². The number of carbonyl (C=O) groups excluding carboxylic acids is 2. The maximum Gasteiger partial charge on any atom is 0.310 e. The van der Waals surface area contributed by atoms with Crippen molar-refractivity contribution in [3.8, 4) is 5.75 Å². The van der Waals surface area contributed by atoms with Gasteiger partial charge in [-0.05, 0) is 36.8 Å². The molecule has 0 radical (unpaired) electrons. The molecule has 0 aromatic heterocycles. The van der Waals surface area contributed by atoms with Crippen LogP contribution < -0.4 is 4.74 Å². The molecular formula is C21H24BrNO4. The van der Waals surface area contributed by atoms with E-state index in [0.717, 1.165) is 10.0 Å². The first kappa shape index (κ1) is 21.0. The van der Waals surface area contributed by atoms with Crippen molar-refractivity contribution in [2.75, 3.05) is 20.2 Å². The van der Waals surface area contributed by atoms with Crippen molar-refractivity contribution in [2.24, 2.45) is 5.92 Å². The highest BCUT2D eigenvalue weighted by Gasteiger charge is 2.23. The monoisotopic (exact) mass is 433 g/mol. The average Bonchev–Trinajstić information content (AvgIpc) is 2.69. The van der Waals surface area contributed by atoms with Crippen LogP contribution in [0.5, 0.6) is 5.75 Å². The molecule has 2 aromatic carbocycles. The lowest BCUT2D eigenvalue weighted by Gasteiger charge is -2.24. The molecule has 0 aliphatic carbocycles. The number of benzene rings is 2. The number of hydrogen-bond donors (Lipinski definition) is 0. The molecule has 0 heterocycles. The summed E-state index contributed by atoms with van der Waals surface area (Å²) in [6, 6.07) is 15.0. The molecule has 0 bridgehead atoms. The smallest absolute Gasteiger partial charge is 0.310 e. The van der Waals surface area contributed by atoms with Crippen molar-refractivity contribution in [1.29, 1.82) is 0 Å². The molecule has 1 unspecified atom stereocenters. The Kier molecular flexibility index (Phi) is 7.85. The molecule has 0 aliphatic rings. The van der Waals surface area contributed by atoms with Crippen LogP contribution in [-0.4, -0.2) is 37.0 Å². The molecule has 0 aliphatic heterocycles. The maximum absolute atomic E-state index is 13.0. The van der Waals surface area contributed by atoms with Gasteiger partial charge in [0.2, 0.25) is 0 Å². The Morgan fingerprint density at radius 2 is 1.89 bits per heavy atom. The lowest BCUT2D eigenvalue weighted by molar-refractivity contribution is -0.145. The lowest BCUT2D eigenvalue weighted by Crippen LogP contribution is -2.37. The molecule has 0 N–H and O–H groups in total. The fourth-order valence-corrected chi connectivity index (χ4v) is 3.14. The van der Waals surface area contributed by atoms with E-state index in [0.29, 0.717) is 31.0 Å². The van der Waals surface area contributed by atoms with E-state index in [1.165, 1.54) is 7.11 Å². The third kappa shape index (κ3) is 5.82. The Labute approximate surface area is 168 Å². The van der Waals surface area contributed by atoms with Gasteiger partial charge in [-0.25, -0.2) is 0 Å². The molecule has 2 aromatic rings. The fraction of sp³-hybridized carbons (Fsp3) is 0.333. The van der Waals surface area contributed by atoms with Crippen LogP contribution >= 0.6 is 15.9 Å². The van der Waals surface area contributed by atoms with Gasteiger partial charge >= 0.3 is 5.97 Å². The van der Waals surface area contributed by atoms with Gasteiger partial charge in [0.25, 0.3) is 5.91 Å². The highest BCUT2D eigenvalue weighted by molar-refractivity contribution is 9.10. The number of esters is 1. The van der Waals surface area contributed by atoms with Crippen LogP contribution in [0.15, 0.2) is 53.0 Å². The summed E-state index contributed by atoms with van der Waals surface area (Å²) >= 11 is 3.44. The number of methoxy groups -OCH3 is 1. The summed E-state index contributed by atoms with van der Waals surface area (Å²) in [4.78, 5) is 26.3. The molecule has 0 saturated carbocycles. The topological polar surface area (TPSA) is 55.8 Å². The predicted octanol–water partition coefficient (Wildman–Crippen LogP) is 4.30. The zero-order valence-corrected chi connectivity index (χ0v) is 17.4. The number of ether oxygens (including phenoxy) is 2. The largest absolute Gasteiger partial charge is 0.488 e. The van der Waals surface area contributed by atoms with Crippen molar-refractivity contribution >= 4 is 27.8 Å². The number of halogens is 1. The summed E-state index contributed by atoms with van der Waals surface area (Å²) < 4.78 is 11.6. The quantitative estimate of drug-likeness (QED) is 0.582. The minimum Gasteiger partial charge on any atom is -0.488 e. The van der Waals surface area contributed by atoms with Crippen LogP contribution in [0.1, 0.15) is 29.8 Å². The van der Waals surface area contributed by atoms with E-state index in [2.05, 4.69) is 15.9 Å². The van der Waals surface area contributed by atoms with Crippen LogP contribution in [0.2, 0.25) is 0 Å². The lowest BCUT2D eigenvalue weighted by atomic mass is 10.1. The second kappa shape index (κ2) is 10.1. The van der Waals surface area contributed by atoms with Crippen molar-refractivity contribution in [1.82, 2.24) is 4.90 Å². The fourth-order valence-electron chi connectivity index (χ4n) is 2.69. The van der Waals surface area contributed by atoms with E-state index in [9.17, 15) is 9.59 Å². The van der Waals surface area contributed by atoms with Gasteiger partial charge in [0.1, 0.15) is 12.4 Å². The minimum absolute atomic E-state index is 0.168. The Balaban J connectivity index is 2.14. The van der Waals surface area contributed by atoms with Crippen LogP contribution in [-0.2, 0) is 16.1 Å². The van der Waals surface area contributed by atoms with Gasteiger partial charge < -0.3 is 14.4 Å². The normalized spacial score (nSPS) is 11.6. The van der Waals surface area contributed by atoms with Crippen LogP contribution in [0.4, 0.5) is 0 Å². The van der Waals surface area contributed by atoms with Gasteiger partial charge in [0.15, 0.2) is 0 Å². The molecule has 6 heteroatoms. The number of para-hydroxylation sites is 1. The molecule has 144 valence electrons. The van der Waals surface area contributed by atoms with Gasteiger partial charge in [-0.2, -0.15) is 0 Å². The Morgan fingerprint density at radius 1 is 1.15 bits per heavy atom. The van der Waals surface area contributed by atoms with E-state index >= 15 is 0 Å². The summed E-state index contributed by atoms with van der Waals surface area (Å²) in [7, 11) is 1.35. The van der Waals surface area contributed by atoms with Gasteiger partial charge in [-0.15, -0.1) is 0 Å². The molecule has 0 saturated heterocycles. The maximum atomic E-state index is 13.0. The van der Waals surface area contributed by atoms with Gasteiger partial charge in [0.05, 0.1) is 18.6 Å². The summed E-state index contributed by atoms with van der Waals surface area (Å²) in [5.74, 6) is -0.376. The first-order valence-electron chi connectivity index (χ1n) is 8.79. The van der Waals surface area contributed by atoms with Crippen molar-refractivity contribution in [3.05, 3.63) is 64.1 Å². The minimum atomic E-state index is -0.395. The van der Waals surface area contributed by atoms with Crippen molar-refractivity contribution in [3.63, 3.8) is 0 Å². The van der Waals surface area contributed by atoms with Gasteiger partial charge in [0, 0.05) is 17.6 Å². The Morgan fingerprint density at radius 3 is 2.56 bits per heavy atom. The number of amides is 1. The zero-order valence-electron chi connectivity index (χ0n) is 15.8. The Hall–Kier alpha value is -2.34. The van der Waals surface area contributed by atoms with Crippen LogP contribution in [0.3, 0.4) is 0 Å². The number of carbonyl (C=O) groups is 2. The number of hydrogen-bond acceptors (Lipinski definition) is 4. The summed E-state index contributed by atoms with van der Waals surface area (Å²) in [6.45, 7) is 4.76. The molecule has 5 nitrogen and oxygen atoms in total. The van der Waals surface area contributed by atoms with Gasteiger partial charge in [-0.3, -0.25) is 9.59 Å². The van der Waals surface area contributed by atoms with Crippen LogP contribution in [0, 0.1) is 5.92 Å². The standard InChI is InChI=1S/C21H24BrNO4/c1-4-23(13-15(2)21(25)26-3)20(24)18-10-5-6-11-19(18)27-14-16-8-7-9-17(22)12-16/h5-12,15H,4,13-14H2,1-3H3. The molecule has 27 heavy (non-hydrogen) atoms. The first-order chi connectivity index (χ1) is 13.0. The zero-order chi connectivity index (χ0) is 19.8. The molecule has 0 spiro atoms. The first-order valence-corrected chi connectivity index (χ1v) is 9.59. The molecule has 1 amide bonds. The van der Waals surface area contributed by atoms with E-state index in [1.807, 2.05) is 37.3 Å². The van der Waals surface area contributed by atoms with Crippen molar-refractivity contribution < 1.29 is 19.1 Å². The second-order valence-corrected chi connectivity index (χ2v) is 7.10. The molecular weight excluding hydrogens is 410 g/mol. The van der Waals surface area contributed by atoms with Crippen molar-refractivity contribution in [2.45, 2.75) is 20.5 Å². The number of nitrogens with zero attached hydrogens (tertiary/aromatic N) is 1. The van der Waals surface area contributed by atoms with E-state index in [4.69, 9.17) is 9.47 Å². The third-order valence-corrected chi connectivity index (χ3v) is 4.66. The SMILES string of the molecule is CCN(CC(C)C(=O)OC)C(=O)c1ccccc1OCc1cccc(Br)c1. The molecule has 1 atom stereocenters. The summed E-state index contributed by atoms with van der Waals surface area (Å²) in [5, 5.41) is 0. The van der Waals surface area contributed by atoms with E-state index < -0.39 is 5.92 Å². The Bertz CT molecular complexity index is 793.